The highest BCUT2D eigenvalue weighted by Crippen LogP contribution is 2.67. The van der Waals surface area contributed by atoms with E-state index in [4.69, 9.17) is 28.6 Å². The fourth-order valence-electron chi connectivity index (χ4n) is 5.24. The first kappa shape index (κ1) is 20.2. The molecule has 5 nitrogen and oxygen atoms in total. The smallest absolute Gasteiger partial charge is 0.228 e. The van der Waals surface area contributed by atoms with Gasteiger partial charge in [-0.05, 0) is 37.2 Å². The van der Waals surface area contributed by atoms with Crippen molar-refractivity contribution in [3.05, 3.63) is 50.5 Å². The van der Waals surface area contributed by atoms with Gasteiger partial charge in [0.05, 0.1) is 24.1 Å². The zero-order valence-electron chi connectivity index (χ0n) is 16.8. The number of halogens is 3. The van der Waals surface area contributed by atoms with Crippen LogP contribution in [0.3, 0.4) is 0 Å². The van der Waals surface area contributed by atoms with Gasteiger partial charge in [0, 0.05) is 55.5 Å². The van der Waals surface area contributed by atoms with Gasteiger partial charge in [0.2, 0.25) is 5.91 Å². The number of aromatic nitrogens is 2. The number of ether oxygens (including phenoxy) is 1. The molecule has 1 aliphatic carbocycles. The molecule has 0 N–H and O–H groups in total. The molecule has 1 aromatic heterocycles. The van der Waals surface area contributed by atoms with E-state index in [1.165, 1.54) is 12.1 Å². The van der Waals surface area contributed by atoms with Crippen LogP contribution < -0.4 is 0 Å². The molecule has 2 fully saturated rings. The summed E-state index contributed by atoms with van der Waals surface area (Å²) in [5.74, 6) is -1.37. The molecule has 1 aromatic carbocycles. The number of hydrogen-bond acceptors (Lipinski definition) is 3. The molecule has 30 heavy (non-hydrogen) atoms. The molecule has 0 bridgehead atoms. The number of imidazole rings is 1. The summed E-state index contributed by atoms with van der Waals surface area (Å²) in [7, 11) is 3.64. The fourth-order valence-corrected chi connectivity index (χ4v) is 5.67. The summed E-state index contributed by atoms with van der Waals surface area (Å²) in [5.41, 5.74) is 1.10. The maximum Gasteiger partial charge on any atom is 0.228 e. The van der Waals surface area contributed by atoms with Crippen molar-refractivity contribution in [2.24, 2.45) is 7.05 Å². The van der Waals surface area contributed by atoms with E-state index in [1.807, 2.05) is 16.2 Å². The van der Waals surface area contributed by atoms with E-state index >= 15 is 0 Å². The number of fused-ring (bicyclic) bond motifs is 3. The second kappa shape index (κ2) is 6.87. The Balaban J connectivity index is 1.49. The van der Waals surface area contributed by atoms with Crippen molar-refractivity contribution in [1.82, 2.24) is 14.0 Å². The third-order valence-electron chi connectivity index (χ3n) is 7.06. The summed E-state index contributed by atoms with van der Waals surface area (Å²) in [5, 5.41) is -0.0806. The number of likely N-dealkylation sites (N-methyl/N-ethyl adjacent to an activating group) is 1. The van der Waals surface area contributed by atoms with Gasteiger partial charge in [-0.3, -0.25) is 4.79 Å². The summed E-state index contributed by atoms with van der Waals surface area (Å²) in [6.45, 7) is 1.61. The Kier molecular flexibility index (Phi) is 4.61. The van der Waals surface area contributed by atoms with Crippen LogP contribution in [0.15, 0.2) is 12.1 Å². The summed E-state index contributed by atoms with van der Waals surface area (Å²) >= 11 is 11.5. The largest absolute Gasteiger partial charge is 0.379 e. The number of nitrogens with zero attached hydrogens (tertiary/aromatic N) is 3. The minimum absolute atomic E-state index is 0.0113. The molecule has 1 amide bonds. The van der Waals surface area contributed by atoms with Gasteiger partial charge in [0.15, 0.2) is 4.77 Å². The maximum absolute atomic E-state index is 14.8. The normalized spacial score (nSPS) is 26.6. The Hall–Kier alpha value is -1.77. The third kappa shape index (κ3) is 2.73. The highest BCUT2D eigenvalue weighted by molar-refractivity contribution is 7.71. The SMILES string of the molecule is CN(C(=O)Cc1c2n(c(=S)n1C)C[C@@]1(c3c(F)ccc(Cl)c3F)C[C@@H]21)[C@@H]1CCOC1. The van der Waals surface area contributed by atoms with Gasteiger partial charge in [-0.25, -0.2) is 8.78 Å². The molecule has 0 spiro atoms. The van der Waals surface area contributed by atoms with Gasteiger partial charge < -0.3 is 18.8 Å². The first-order valence-corrected chi connectivity index (χ1v) is 10.8. The summed E-state index contributed by atoms with van der Waals surface area (Å²) in [6.07, 6.45) is 1.64. The fraction of sp³-hybridized carbons (Fsp3) is 0.524. The molecule has 9 heteroatoms. The average Bonchev–Trinajstić information content (AvgIpc) is 3.04. The second-order valence-electron chi connectivity index (χ2n) is 8.59. The van der Waals surface area contributed by atoms with E-state index in [2.05, 4.69) is 0 Å². The lowest BCUT2D eigenvalue weighted by atomic mass is 9.92. The lowest BCUT2D eigenvalue weighted by Crippen LogP contribution is -2.38. The van der Waals surface area contributed by atoms with Crippen LogP contribution in [0.5, 0.6) is 0 Å². The predicted octanol–water partition coefficient (Wildman–Crippen LogP) is 3.72. The van der Waals surface area contributed by atoms with E-state index in [0.29, 0.717) is 31.0 Å². The first-order valence-electron chi connectivity index (χ1n) is 10.0. The van der Waals surface area contributed by atoms with Crippen LogP contribution in [-0.4, -0.2) is 46.2 Å². The molecule has 2 aliphatic heterocycles. The van der Waals surface area contributed by atoms with Crippen molar-refractivity contribution in [3.8, 4) is 0 Å². The molecule has 5 rings (SSSR count). The van der Waals surface area contributed by atoms with E-state index < -0.39 is 17.0 Å². The van der Waals surface area contributed by atoms with Crippen LogP contribution in [0, 0.1) is 16.4 Å². The average molecular weight is 454 g/mol. The molecule has 1 saturated heterocycles. The number of carbonyl (C=O) groups is 1. The number of amides is 1. The minimum atomic E-state index is -0.696. The van der Waals surface area contributed by atoms with E-state index in [0.717, 1.165) is 17.8 Å². The summed E-state index contributed by atoms with van der Waals surface area (Å²) in [4.78, 5) is 14.7. The Morgan fingerprint density at radius 3 is 2.90 bits per heavy atom. The van der Waals surface area contributed by atoms with Crippen molar-refractivity contribution in [2.45, 2.75) is 43.2 Å². The van der Waals surface area contributed by atoms with Gasteiger partial charge in [0.1, 0.15) is 11.6 Å². The van der Waals surface area contributed by atoms with Crippen molar-refractivity contribution in [3.63, 3.8) is 0 Å². The van der Waals surface area contributed by atoms with Crippen LogP contribution in [0.1, 0.15) is 35.7 Å². The van der Waals surface area contributed by atoms with E-state index in [1.54, 1.807) is 11.9 Å². The van der Waals surface area contributed by atoms with E-state index in [9.17, 15) is 13.6 Å². The molecule has 3 aliphatic rings. The van der Waals surface area contributed by atoms with Crippen LogP contribution >= 0.6 is 23.8 Å². The minimum Gasteiger partial charge on any atom is -0.379 e. The van der Waals surface area contributed by atoms with Gasteiger partial charge in [-0.15, -0.1) is 0 Å². The maximum atomic E-state index is 14.8. The number of hydrogen-bond donors (Lipinski definition) is 0. The standard InChI is InChI=1S/C21H22ClF2N3O2S/c1-25(11-5-6-29-9-11)16(28)7-15-19-12-8-21(12,10-27(19)20(30)26(15)2)17-14(23)4-3-13(22)18(17)24/h3-4,11-12H,5-10H2,1-2H3/t11-,12+,21+/m1/s1. The van der Waals surface area contributed by atoms with Crippen molar-refractivity contribution in [1.29, 1.82) is 0 Å². The highest BCUT2D eigenvalue weighted by Gasteiger charge is 2.64. The topological polar surface area (TPSA) is 39.4 Å². The second-order valence-corrected chi connectivity index (χ2v) is 9.36. The Bertz CT molecular complexity index is 1120. The highest BCUT2D eigenvalue weighted by atomic mass is 35.5. The molecule has 3 atom stereocenters. The van der Waals surface area contributed by atoms with Gasteiger partial charge in [-0.1, -0.05) is 11.6 Å². The van der Waals surface area contributed by atoms with Crippen molar-refractivity contribution >= 4 is 29.7 Å². The van der Waals surface area contributed by atoms with Crippen LogP contribution in [-0.2, 0) is 35.0 Å². The zero-order valence-corrected chi connectivity index (χ0v) is 18.3. The van der Waals surface area contributed by atoms with E-state index in [-0.39, 0.29) is 34.9 Å². The Labute approximate surface area is 183 Å². The Morgan fingerprint density at radius 1 is 1.43 bits per heavy atom. The summed E-state index contributed by atoms with van der Waals surface area (Å²) < 4.78 is 39.2. The first-order chi connectivity index (χ1) is 14.3. The molecule has 1 saturated carbocycles. The third-order valence-corrected chi connectivity index (χ3v) is 7.85. The predicted molar refractivity (Wildman–Crippen MR) is 110 cm³/mol. The number of benzene rings is 1. The Morgan fingerprint density at radius 2 is 2.20 bits per heavy atom. The molecular weight excluding hydrogens is 432 g/mol. The van der Waals surface area contributed by atoms with Crippen molar-refractivity contribution < 1.29 is 18.3 Å². The molecular formula is C21H22ClF2N3O2S. The molecule has 2 aromatic rings. The summed E-state index contributed by atoms with van der Waals surface area (Å²) in [6, 6.07) is 2.54. The van der Waals surface area contributed by atoms with Crippen molar-refractivity contribution in [2.75, 3.05) is 20.3 Å². The van der Waals surface area contributed by atoms with Gasteiger partial charge >= 0.3 is 0 Å². The van der Waals surface area contributed by atoms with Gasteiger partial charge in [-0.2, -0.15) is 0 Å². The number of carbonyl (C=O) groups excluding carboxylic acids is 1. The van der Waals surface area contributed by atoms with Crippen LogP contribution in [0.2, 0.25) is 5.02 Å². The zero-order chi connectivity index (χ0) is 21.4. The quantitative estimate of drug-likeness (QED) is 0.523. The number of rotatable bonds is 4. The van der Waals surface area contributed by atoms with Crippen LogP contribution in [0.25, 0.3) is 0 Å². The lowest BCUT2D eigenvalue weighted by Gasteiger charge is -2.23. The molecule has 0 unspecified atom stereocenters. The molecule has 160 valence electrons. The lowest BCUT2D eigenvalue weighted by molar-refractivity contribution is -0.131. The molecule has 3 heterocycles. The van der Waals surface area contributed by atoms with Crippen LogP contribution in [0.4, 0.5) is 8.78 Å². The van der Waals surface area contributed by atoms with Gasteiger partial charge in [0.25, 0.3) is 0 Å². The molecule has 0 radical (unpaired) electrons. The monoisotopic (exact) mass is 453 g/mol.